The van der Waals surface area contributed by atoms with Gasteiger partial charge in [0.15, 0.2) is 0 Å². The van der Waals surface area contributed by atoms with Crippen LogP contribution in [0.15, 0.2) is 36.5 Å². The Balaban J connectivity index is 0.00000288. The molecule has 0 radical (unpaired) electrons. The number of ether oxygens (including phenoxy) is 1. The van der Waals surface area contributed by atoms with Crippen LogP contribution in [-0.2, 0) is 10.9 Å². The standard InChI is InChI=1S/C14H9F3N2O4.ClH/c1-23-13(20)11-7-18-12(14(15,16)17)6-10(11)8-3-2-4-9(5-8)19(21)22;/h2-7H,1H3;1H. The minimum Gasteiger partial charge on any atom is -0.465 e. The SMILES string of the molecule is COC(=O)c1cnc(C(F)(F)F)cc1-c1cccc([N+](=O)[O-])c1.Cl. The van der Waals surface area contributed by atoms with E-state index in [0.29, 0.717) is 6.07 Å². The number of hydrogen-bond acceptors (Lipinski definition) is 5. The molecule has 0 N–H and O–H groups in total. The molecule has 0 unspecified atom stereocenters. The van der Waals surface area contributed by atoms with Crippen molar-refractivity contribution < 1.29 is 27.6 Å². The van der Waals surface area contributed by atoms with Crippen molar-refractivity contribution in [1.29, 1.82) is 0 Å². The smallest absolute Gasteiger partial charge is 0.433 e. The maximum Gasteiger partial charge on any atom is 0.433 e. The normalized spacial score (nSPS) is 10.7. The molecule has 10 heteroatoms. The van der Waals surface area contributed by atoms with E-state index in [-0.39, 0.29) is 34.8 Å². The summed E-state index contributed by atoms with van der Waals surface area (Å²) in [6.45, 7) is 0. The Morgan fingerprint density at radius 3 is 2.50 bits per heavy atom. The number of halogens is 4. The van der Waals surface area contributed by atoms with Crippen LogP contribution in [0.3, 0.4) is 0 Å². The van der Waals surface area contributed by atoms with E-state index in [2.05, 4.69) is 9.72 Å². The number of esters is 1. The first kappa shape index (κ1) is 19.4. The second kappa shape index (κ2) is 7.26. The molecule has 0 spiro atoms. The average Bonchev–Trinajstić information content (AvgIpc) is 2.52. The van der Waals surface area contributed by atoms with Crippen LogP contribution < -0.4 is 0 Å². The number of nitro benzene ring substituents is 1. The van der Waals surface area contributed by atoms with E-state index in [1.165, 1.54) is 18.2 Å². The van der Waals surface area contributed by atoms with Crippen molar-refractivity contribution >= 4 is 24.1 Å². The molecular formula is C14H10ClF3N2O4. The van der Waals surface area contributed by atoms with Gasteiger partial charge in [-0.05, 0) is 11.6 Å². The van der Waals surface area contributed by atoms with Crippen LogP contribution in [0.5, 0.6) is 0 Å². The first-order chi connectivity index (χ1) is 10.7. The van der Waals surface area contributed by atoms with E-state index in [4.69, 9.17) is 0 Å². The van der Waals surface area contributed by atoms with Crippen LogP contribution in [0, 0.1) is 10.1 Å². The quantitative estimate of drug-likeness (QED) is 0.470. The average molecular weight is 363 g/mol. The second-order valence-corrected chi connectivity index (χ2v) is 4.41. The molecule has 0 saturated carbocycles. The molecule has 0 atom stereocenters. The molecule has 0 bridgehead atoms. The summed E-state index contributed by atoms with van der Waals surface area (Å²) in [5, 5.41) is 10.8. The van der Waals surface area contributed by atoms with Crippen LogP contribution in [0.2, 0.25) is 0 Å². The number of carbonyl (C=O) groups is 1. The molecule has 6 nitrogen and oxygen atoms in total. The summed E-state index contributed by atoms with van der Waals surface area (Å²) in [6.07, 6.45) is -3.98. The third kappa shape index (κ3) is 3.99. The van der Waals surface area contributed by atoms with Gasteiger partial charge in [-0.15, -0.1) is 12.4 Å². The summed E-state index contributed by atoms with van der Waals surface area (Å²) in [6, 6.07) is 5.58. The Morgan fingerprint density at radius 1 is 1.29 bits per heavy atom. The summed E-state index contributed by atoms with van der Waals surface area (Å²) < 4.78 is 43.0. The van der Waals surface area contributed by atoms with Gasteiger partial charge in [0.05, 0.1) is 17.6 Å². The fourth-order valence-electron chi connectivity index (χ4n) is 1.91. The fourth-order valence-corrected chi connectivity index (χ4v) is 1.91. The van der Waals surface area contributed by atoms with Crippen LogP contribution in [-0.4, -0.2) is 23.0 Å². The minimum atomic E-state index is -4.72. The molecule has 0 saturated heterocycles. The molecule has 0 amide bonds. The maximum absolute atomic E-state index is 12.8. The molecule has 2 rings (SSSR count). The maximum atomic E-state index is 12.8. The van der Waals surface area contributed by atoms with Crippen molar-refractivity contribution in [3.8, 4) is 11.1 Å². The molecule has 24 heavy (non-hydrogen) atoms. The molecule has 1 aromatic heterocycles. The van der Waals surface area contributed by atoms with Crippen molar-refractivity contribution in [2.45, 2.75) is 6.18 Å². The van der Waals surface area contributed by atoms with Gasteiger partial charge in [-0.3, -0.25) is 15.1 Å². The van der Waals surface area contributed by atoms with E-state index in [9.17, 15) is 28.1 Å². The zero-order valence-electron chi connectivity index (χ0n) is 12.0. The molecule has 0 aliphatic carbocycles. The van der Waals surface area contributed by atoms with E-state index in [1.807, 2.05) is 0 Å². The van der Waals surface area contributed by atoms with E-state index in [0.717, 1.165) is 19.4 Å². The molecule has 0 aliphatic rings. The lowest BCUT2D eigenvalue weighted by molar-refractivity contribution is -0.384. The Morgan fingerprint density at radius 2 is 1.96 bits per heavy atom. The number of non-ortho nitro benzene ring substituents is 1. The summed E-state index contributed by atoms with van der Waals surface area (Å²) >= 11 is 0. The van der Waals surface area contributed by atoms with Gasteiger partial charge in [-0.25, -0.2) is 4.79 Å². The summed E-state index contributed by atoms with van der Waals surface area (Å²) in [4.78, 5) is 25.0. The summed E-state index contributed by atoms with van der Waals surface area (Å²) in [5.41, 5.74) is -1.83. The van der Waals surface area contributed by atoms with Crippen LogP contribution >= 0.6 is 12.4 Å². The fraction of sp³-hybridized carbons (Fsp3) is 0.143. The van der Waals surface area contributed by atoms with Crippen LogP contribution in [0.1, 0.15) is 16.1 Å². The summed E-state index contributed by atoms with van der Waals surface area (Å²) in [5.74, 6) is -0.896. The highest BCUT2D eigenvalue weighted by Gasteiger charge is 2.34. The Kier molecular flexibility index (Phi) is 5.86. The van der Waals surface area contributed by atoms with Gasteiger partial charge >= 0.3 is 12.1 Å². The number of pyridine rings is 1. The molecule has 0 aliphatic heterocycles. The van der Waals surface area contributed by atoms with Gasteiger partial charge in [0, 0.05) is 23.9 Å². The van der Waals surface area contributed by atoms with Crippen molar-refractivity contribution in [2.75, 3.05) is 7.11 Å². The number of nitro groups is 1. The van der Waals surface area contributed by atoms with Gasteiger partial charge in [-0.1, -0.05) is 12.1 Å². The highest BCUT2D eigenvalue weighted by Crippen LogP contribution is 2.33. The van der Waals surface area contributed by atoms with E-state index in [1.54, 1.807) is 0 Å². The Hall–Kier alpha value is -2.68. The zero-order chi connectivity index (χ0) is 17.2. The predicted octanol–water partition coefficient (Wildman–Crippen LogP) is 3.88. The van der Waals surface area contributed by atoms with E-state index >= 15 is 0 Å². The van der Waals surface area contributed by atoms with Crippen molar-refractivity contribution in [3.05, 3.63) is 57.9 Å². The highest BCUT2D eigenvalue weighted by atomic mass is 35.5. The molecule has 1 heterocycles. The second-order valence-electron chi connectivity index (χ2n) is 4.41. The van der Waals surface area contributed by atoms with Gasteiger partial charge in [0.2, 0.25) is 0 Å². The van der Waals surface area contributed by atoms with Crippen molar-refractivity contribution in [2.24, 2.45) is 0 Å². The van der Waals surface area contributed by atoms with Crippen molar-refractivity contribution in [3.63, 3.8) is 0 Å². The largest absolute Gasteiger partial charge is 0.465 e. The first-order valence-corrected chi connectivity index (χ1v) is 6.14. The monoisotopic (exact) mass is 362 g/mol. The van der Waals surface area contributed by atoms with Gasteiger partial charge in [-0.2, -0.15) is 13.2 Å². The lowest BCUT2D eigenvalue weighted by atomic mass is 10.00. The summed E-state index contributed by atoms with van der Waals surface area (Å²) in [7, 11) is 1.07. The van der Waals surface area contributed by atoms with Gasteiger partial charge in [0.25, 0.3) is 5.69 Å². The Bertz CT molecular complexity index is 781. The van der Waals surface area contributed by atoms with E-state index < -0.39 is 22.8 Å². The van der Waals surface area contributed by atoms with Gasteiger partial charge < -0.3 is 4.74 Å². The predicted molar refractivity (Wildman–Crippen MR) is 79.9 cm³/mol. The topological polar surface area (TPSA) is 82.3 Å². The molecular weight excluding hydrogens is 353 g/mol. The third-order valence-corrected chi connectivity index (χ3v) is 2.97. The highest BCUT2D eigenvalue weighted by molar-refractivity contribution is 5.97. The number of alkyl halides is 3. The number of hydrogen-bond donors (Lipinski definition) is 0. The number of carbonyl (C=O) groups excluding carboxylic acids is 1. The minimum absolute atomic E-state index is 0. The lowest BCUT2D eigenvalue weighted by Crippen LogP contribution is -2.11. The zero-order valence-corrected chi connectivity index (χ0v) is 12.9. The number of methoxy groups -OCH3 is 1. The molecule has 2 aromatic rings. The molecule has 128 valence electrons. The first-order valence-electron chi connectivity index (χ1n) is 6.14. The third-order valence-electron chi connectivity index (χ3n) is 2.97. The molecule has 0 fully saturated rings. The van der Waals surface area contributed by atoms with Crippen molar-refractivity contribution in [1.82, 2.24) is 4.98 Å². The Labute approximate surface area is 139 Å². The number of aromatic nitrogens is 1. The lowest BCUT2D eigenvalue weighted by Gasteiger charge is -2.11. The molecule has 1 aromatic carbocycles. The van der Waals surface area contributed by atoms with Crippen LogP contribution in [0.4, 0.5) is 18.9 Å². The number of rotatable bonds is 3. The van der Waals surface area contributed by atoms with Crippen LogP contribution in [0.25, 0.3) is 11.1 Å². The number of nitrogens with zero attached hydrogens (tertiary/aromatic N) is 2. The number of benzene rings is 1. The van der Waals surface area contributed by atoms with Gasteiger partial charge in [0.1, 0.15) is 5.69 Å².